The molecule has 8 rings (SSSR count). The molecule has 0 aliphatic rings. The fourth-order valence-electron chi connectivity index (χ4n) is 5.45. The van der Waals surface area contributed by atoms with E-state index < -0.39 is 16.6 Å². The SMILES string of the molecule is CC(C)(C)[Si](C)(C)Oc1c(I)ccc2cccnc12.CC(C)(C)[Si](C)(C)Oc1ccc(I)c2cccnc12.Oc1c(I)ccc2cccnc12.Oc1ccc(I)c2cccnc12. The Hall–Kier alpha value is -2.93. The molecule has 4 aromatic heterocycles. The van der Waals surface area contributed by atoms with Gasteiger partial charge in [-0.05, 0) is 187 Å². The first-order valence-corrected chi connectivity index (χ1v) is 30.0. The van der Waals surface area contributed by atoms with Gasteiger partial charge in [-0.2, -0.15) is 0 Å². The first kappa shape index (κ1) is 50.1. The van der Waals surface area contributed by atoms with Gasteiger partial charge in [0, 0.05) is 53.5 Å². The summed E-state index contributed by atoms with van der Waals surface area (Å²) < 4.78 is 17.2. The van der Waals surface area contributed by atoms with Crippen LogP contribution in [0.4, 0.5) is 0 Å². The Bertz CT molecular complexity index is 2780. The lowest BCUT2D eigenvalue weighted by Crippen LogP contribution is -2.44. The second kappa shape index (κ2) is 20.9. The molecule has 0 saturated carbocycles. The molecular weight excluding hydrogens is 1260 g/mol. The van der Waals surface area contributed by atoms with Gasteiger partial charge in [-0.1, -0.05) is 77.9 Å². The second-order valence-electron chi connectivity index (χ2n) is 17.6. The van der Waals surface area contributed by atoms with Crippen LogP contribution in [0.5, 0.6) is 23.0 Å². The van der Waals surface area contributed by atoms with Crippen LogP contribution < -0.4 is 8.85 Å². The lowest BCUT2D eigenvalue weighted by atomic mass is 10.2. The molecule has 0 atom stereocenters. The van der Waals surface area contributed by atoms with Crippen molar-refractivity contribution in [2.75, 3.05) is 0 Å². The van der Waals surface area contributed by atoms with Crippen LogP contribution in [0.25, 0.3) is 43.6 Å². The third-order valence-electron chi connectivity index (χ3n) is 11.1. The van der Waals surface area contributed by atoms with E-state index in [0.29, 0.717) is 11.0 Å². The lowest BCUT2D eigenvalue weighted by molar-refractivity contribution is 0.476. The van der Waals surface area contributed by atoms with Crippen LogP contribution in [0.2, 0.25) is 36.3 Å². The first-order chi connectivity index (χ1) is 29.0. The highest BCUT2D eigenvalue weighted by Gasteiger charge is 2.40. The number of hydrogen-bond donors (Lipinski definition) is 2. The molecule has 62 heavy (non-hydrogen) atoms. The number of phenols is 2. The summed E-state index contributed by atoms with van der Waals surface area (Å²) in [7, 11) is -3.66. The van der Waals surface area contributed by atoms with Gasteiger partial charge in [-0.15, -0.1) is 0 Å². The Morgan fingerprint density at radius 3 is 1.42 bits per heavy atom. The summed E-state index contributed by atoms with van der Waals surface area (Å²) in [6.07, 6.45) is 7.02. The number of rotatable bonds is 4. The fraction of sp³-hybridized carbons (Fsp3) is 0.250. The van der Waals surface area contributed by atoms with Crippen molar-refractivity contribution in [3.8, 4) is 23.0 Å². The van der Waals surface area contributed by atoms with Crippen LogP contribution in [-0.2, 0) is 0 Å². The number of phenolic OH excluding ortho intramolecular Hbond substituents is 2. The van der Waals surface area contributed by atoms with Gasteiger partial charge in [-0.3, -0.25) is 19.9 Å². The molecule has 0 amide bonds. The summed E-state index contributed by atoms with van der Waals surface area (Å²) in [5, 5.41) is 23.7. The van der Waals surface area contributed by atoms with Crippen LogP contribution in [0, 0.1) is 14.3 Å². The van der Waals surface area contributed by atoms with Gasteiger partial charge < -0.3 is 19.1 Å². The van der Waals surface area contributed by atoms with Gasteiger partial charge >= 0.3 is 0 Å². The molecule has 14 heteroatoms. The smallest absolute Gasteiger partial charge is 0.250 e. The maximum atomic E-state index is 9.59. The highest BCUT2D eigenvalue weighted by molar-refractivity contribution is 14.1. The molecular formula is C48H52I4N4O4Si2. The minimum Gasteiger partial charge on any atom is -0.542 e. The number of pyridine rings is 4. The molecule has 0 radical (unpaired) electrons. The lowest BCUT2D eigenvalue weighted by Gasteiger charge is -2.36. The van der Waals surface area contributed by atoms with Crippen molar-refractivity contribution in [2.24, 2.45) is 0 Å². The van der Waals surface area contributed by atoms with Gasteiger partial charge in [0.25, 0.3) is 16.6 Å². The molecule has 8 aromatic rings. The minimum absolute atomic E-state index is 0.188. The quantitative estimate of drug-likeness (QED) is 0.132. The number of fused-ring (bicyclic) bond motifs is 4. The van der Waals surface area contributed by atoms with Gasteiger partial charge in [0.05, 0.1) is 7.14 Å². The summed E-state index contributed by atoms with van der Waals surface area (Å²) in [5.74, 6) is 2.38. The molecule has 0 unspecified atom stereocenters. The predicted octanol–water partition coefficient (Wildman–Crippen LogP) is 15.5. The zero-order valence-corrected chi connectivity index (χ0v) is 47.2. The van der Waals surface area contributed by atoms with E-state index in [9.17, 15) is 10.2 Å². The van der Waals surface area contributed by atoms with Gasteiger partial charge in [-0.25, -0.2) is 0 Å². The summed E-state index contributed by atoms with van der Waals surface area (Å²) in [6, 6.07) is 31.4. The molecule has 4 aromatic carbocycles. The van der Waals surface area contributed by atoms with Crippen molar-refractivity contribution in [1.82, 2.24) is 19.9 Å². The standard InChI is InChI=1S/2C15H20INOSi.2C9H6INO/c1-15(2,3)19(4,5)18-13-9-8-12(16)11-7-6-10-17-14(11)13;1-15(2,3)19(4,5)18-14-12(16)9-8-11-7-6-10-17-13(11)14;10-7-3-4-8(12)9-6(7)2-1-5-11-9;10-7-4-3-6-2-1-5-11-8(6)9(7)12/h2*6-10H,1-5H3;2*1-5,12H. The molecule has 4 heterocycles. The van der Waals surface area contributed by atoms with E-state index in [1.54, 1.807) is 18.5 Å². The largest absolute Gasteiger partial charge is 0.542 e. The van der Waals surface area contributed by atoms with Crippen molar-refractivity contribution in [3.05, 3.63) is 136 Å². The molecule has 0 spiro atoms. The highest BCUT2D eigenvalue weighted by Crippen LogP contribution is 2.41. The van der Waals surface area contributed by atoms with E-state index in [1.807, 2.05) is 67.0 Å². The Kier molecular flexibility index (Phi) is 16.9. The van der Waals surface area contributed by atoms with E-state index in [2.05, 4.69) is 214 Å². The minimum atomic E-state index is -1.84. The number of halogens is 4. The Balaban J connectivity index is 0.000000160. The third kappa shape index (κ3) is 12.2. The number of nitrogens with zero attached hydrogens (tertiary/aromatic N) is 4. The van der Waals surface area contributed by atoms with Crippen LogP contribution in [0.3, 0.4) is 0 Å². The first-order valence-electron chi connectivity index (χ1n) is 19.9. The van der Waals surface area contributed by atoms with E-state index in [4.69, 9.17) is 8.85 Å². The summed E-state index contributed by atoms with van der Waals surface area (Å²) in [5.41, 5.74) is 3.28. The summed E-state index contributed by atoms with van der Waals surface area (Å²) >= 11 is 8.98. The Morgan fingerprint density at radius 2 is 0.871 bits per heavy atom. The zero-order valence-electron chi connectivity index (χ0n) is 36.6. The molecule has 0 bridgehead atoms. The number of benzene rings is 4. The van der Waals surface area contributed by atoms with Gasteiger partial charge in [0.1, 0.15) is 39.3 Å². The number of hydrogen-bond acceptors (Lipinski definition) is 8. The van der Waals surface area contributed by atoms with Crippen molar-refractivity contribution in [3.63, 3.8) is 0 Å². The van der Waals surface area contributed by atoms with Gasteiger partial charge in [0.15, 0.2) is 5.75 Å². The highest BCUT2D eigenvalue weighted by atomic mass is 127. The summed E-state index contributed by atoms with van der Waals surface area (Å²) in [6.45, 7) is 22.6. The van der Waals surface area contributed by atoms with Crippen LogP contribution in [0.1, 0.15) is 41.5 Å². The molecule has 2 N–H and O–H groups in total. The molecule has 0 saturated heterocycles. The van der Waals surface area contributed by atoms with Crippen molar-refractivity contribution < 1.29 is 19.1 Å². The van der Waals surface area contributed by atoms with Crippen LogP contribution in [0.15, 0.2) is 122 Å². The second-order valence-corrected chi connectivity index (χ2v) is 31.7. The van der Waals surface area contributed by atoms with Crippen LogP contribution in [-0.4, -0.2) is 46.8 Å². The van der Waals surface area contributed by atoms with E-state index in [1.165, 1.54) is 8.96 Å². The van der Waals surface area contributed by atoms with Crippen molar-refractivity contribution >= 4 is 151 Å². The Labute approximate surface area is 421 Å². The molecule has 324 valence electrons. The van der Waals surface area contributed by atoms with E-state index >= 15 is 0 Å². The van der Waals surface area contributed by atoms with Crippen LogP contribution >= 0.6 is 90.4 Å². The van der Waals surface area contributed by atoms with Gasteiger partial charge in [0.2, 0.25) is 0 Å². The molecule has 0 aliphatic heterocycles. The summed E-state index contributed by atoms with van der Waals surface area (Å²) in [4.78, 5) is 17.2. The maximum Gasteiger partial charge on any atom is 0.250 e. The average Bonchev–Trinajstić information content (AvgIpc) is 3.23. The molecule has 0 fully saturated rings. The van der Waals surface area contributed by atoms with Crippen molar-refractivity contribution in [1.29, 1.82) is 0 Å². The number of aromatic nitrogens is 4. The Morgan fingerprint density at radius 1 is 0.452 bits per heavy atom. The topological polar surface area (TPSA) is 110 Å². The third-order valence-corrected chi connectivity index (χ3v) is 23.4. The predicted molar refractivity (Wildman–Crippen MR) is 297 cm³/mol. The van der Waals surface area contributed by atoms with E-state index in [0.717, 1.165) is 49.4 Å². The normalized spacial score (nSPS) is 11.8. The molecule has 0 aliphatic carbocycles. The fourth-order valence-corrected chi connectivity index (χ4v) is 9.91. The number of aromatic hydroxyl groups is 2. The monoisotopic (exact) mass is 1310 g/mol. The zero-order chi connectivity index (χ0) is 45.6. The van der Waals surface area contributed by atoms with Crippen molar-refractivity contribution in [2.45, 2.75) is 77.8 Å². The van der Waals surface area contributed by atoms with E-state index in [-0.39, 0.29) is 21.6 Å². The maximum absolute atomic E-state index is 9.59. The average molecular weight is 1310 g/mol. The molecule has 8 nitrogen and oxygen atoms in total.